The van der Waals surface area contributed by atoms with Gasteiger partial charge in [-0.1, -0.05) is 25.2 Å². The molecule has 0 saturated heterocycles. The van der Waals surface area contributed by atoms with E-state index in [1.54, 1.807) is 11.8 Å². The highest BCUT2D eigenvalue weighted by Crippen LogP contribution is 2.28. The molecule has 1 aromatic carbocycles. The summed E-state index contributed by atoms with van der Waals surface area (Å²) in [6.45, 7) is 6.26. The fraction of sp³-hybridized carbons (Fsp3) is 0.462. The number of thioether (sulfide) groups is 1. The molecule has 0 bridgehead atoms. The molecule has 1 aromatic rings. The Morgan fingerprint density at radius 3 is 2.83 bits per heavy atom. The first-order chi connectivity index (χ1) is 8.70. The van der Waals surface area contributed by atoms with E-state index in [0.717, 1.165) is 35.1 Å². The minimum Gasteiger partial charge on any atom is -0.389 e. The van der Waals surface area contributed by atoms with Crippen molar-refractivity contribution in [2.45, 2.75) is 18.7 Å². The Balaban J connectivity index is 2.82. The van der Waals surface area contributed by atoms with Crippen LogP contribution in [0.25, 0.3) is 0 Å². The number of hydrogen-bond acceptors (Lipinski definition) is 4. The third-order valence-electron chi connectivity index (χ3n) is 2.34. The van der Waals surface area contributed by atoms with E-state index in [1.165, 1.54) is 0 Å². The lowest BCUT2D eigenvalue weighted by molar-refractivity contribution is 0.158. The van der Waals surface area contributed by atoms with Crippen molar-refractivity contribution in [3.05, 3.63) is 23.8 Å². The third kappa shape index (κ3) is 4.48. The van der Waals surface area contributed by atoms with Gasteiger partial charge in [-0.3, -0.25) is 0 Å². The molecule has 0 amide bonds. The summed E-state index contributed by atoms with van der Waals surface area (Å²) in [6.07, 6.45) is 0. The van der Waals surface area contributed by atoms with Crippen LogP contribution in [0.5, 0.6) is 0 Å². The molecule has 0 aliphatic carbocycles. The molecule has 1 rings (SSSR count). The minimum atomic E-state index is 0.436. The van der Waals surface area contributed by atoms with E-state index in [0.29, 0.717) is 11.6 Å². The Labute approximate surface area is 118 Å². The first kappa shape index (κ1) is 15.3. The monoisotopic (exact) mass is 284 g/mol. The van der Waals surface area contributed by atoms with E-state index in [2.05, 4.69) is 18.3 Å². The van der Waals surface area contributed by atoms with Gasteiger partial charge in [0.1, 0.15) is 4.99 Å². The highest BCUT2D eigenvalue weighted by Gasteiger charge is 2.10. The van der Waals surface area contributed by atoms with Gasteiger partial charge in [0.15, 0.2) is 0 Å². The largest absolute Gasteiger partial charge is 0.389 e. The van der Waals surface area contributed by atoms with Crippen molar-refractivity contribution in [2.24, 2.45) is 5.73 Å². The van der Waals surface area contributed by atoms with Crippen LogP contribution in [0.2, 0.25) is 0 Å². The van der Waals surface area contributed by atoms with E-state index in [1.807, 2.05) is 19.1 Å². The van der Waals surface area contributed by atoms with Crippen molar-refractivity contribution in [1.29, 1.82) is 0 Å². The van der Waals surface area contributed by atoms with Crippen LogP contribution in [-0.2, 0) is 4.74 Å². The van der Waals surface area contributed by atoms with Crippen molar-refractivity contribution in [2.75, 3.05) is 30.8 Å². The highest BCUT2D eigenvalue weighted by molar-refractivity contribution is 7.99. The molecule has 0 spiro atoms. The number of nitrogens with two attached hydrogens (primary N) is 1. The average molecular weight is 284 g/mol. The van der Waals surface area contributed by atoms with Crippen LogP contribution in [-0.4, -0.2) is 30.5 Å². The number of benzene rings is 1. The lowest BCUT2D eigenvalue weighted by atomic mass is 10.1. The number of hydrogen-bond donors (Lipinski definition) is 2. The summed E-state index contributed by atoms with van der Waals surface area (Å²) in [5.74, 6) is 0.998. The summed E-state index contributed by atoms with van der Waals surface area (Å²) in [5.41, 5.74) is 7.75. The molecule has 0 aromatic heterocycles. The molecular weight excluding hydrogens is 264 g/mol. The molecule has 0 saturated carbocycles. The number of nitrogens with one attached hydrogen (secondary N) is 1. The smallest absolute Gasteiger partial charge is 0.107 e. The Morgan fingerprint density at radius 1 is 1.44 bits per heavy atom. The number of rotatable bonds is 8. The average Bonchev–Trinajstić information content (AvgIpc) is 2.35. The fourth-order valence-electron chi connectivity index (χ4n) is 1.61. The van der Waals surface area contributed by atoms with E-state index in [4.69, 9.17) is 22.7 Å². The van der Waals surface area contributed by atoms with Gasteiger partial charge >= 0.3 is 0 Å². The minimum absolute atomic E-state index is 0.436. The summed E-state index contributed by atoms with van der Waals surface area (Å²) >= 11 is 6.90. The Hall–Kier alpha value is -0.780. The molecule has 0 fully saturated rings. The number of ether oxygens (including phenoxy) is 1. The maximum absolute atomic E-state index is 5.82. The van der Waals surface area contributed by atoms with E-state index < -0.39 is 0 Å². The van der Waals surface area contributed by atoms with E-state index in [9.17, 15) is 0 Å². The topological polar surface area (TPSA) is 47.3 Å². The van der Waals surface area contributed by atoms with Crippen molar-refractivity contribution in [3.8, 4) is 0 Å². The molecule has 0 aliphatic rings. The van der Waals surface area contributed by atoms with E-state index in [-0.39, 0.29) is 0 Å². The van der Waals surface area contributed by atoms with Crippen molar-refractivity contribution in [1.82, 2.24) is 0 Å². The molecule has 0 radical (unpaired) electrons. The zero-order chi connectivity index (χ0) is 13.4. The zero-order valence-electron chi connectivity index (χ0n) is 10.9. The second-order valence-electron chi connectivity index (χ2n) is 3.60. The lowest BCUT2D eigenvalue weighted by Gasteiger charge is -2.14. The van der Waals surface area contributed by atoms with Gasteiger partial charge in [-0.25, -0.2) is 0 Å². The van der Waals surface area contributed by atoms with Crippen LogP contribution in [0.3, 0.4) is 0 Å². The van der Waals surface area contributed by atoms with Crippen molar-refractivity contribution < 1.29 is 4.74 Å². The van der Waals surface area contributed by atoms with Crippen LogP contribution in [0.4, 0.5) is 5.69 Å². The molecular formula is C13H20N2OS2. The molecule has 0 atom stereocenters. The van der Waals surface area contributed by atoms with Gasteiger partial charge < -0.3 is 15.8 Å². The molecule has 3 nitrogen and oxygen atoms in total. The van der Waals surface area contributed by atoms with Gasteiger partial charge in [-0.15, -0.1) is 11.8 Å². The maximum atomic E-state index is 5.82. The van der Waals surface area contributed by atoms with Crippen molar-refractivity contribution >= 4 is 34.7 Å². The van der Waals surface area contributed by atoms with Gasteiger partial charge in [-0.05, 0) is 24.8 Å². The fourth-order valence-corrected chi connectivity index (χ4v) is 2.75. The second kappa shape index (κ2) is 8.34. The summed E-state index contributed by atoms with van der Waals surface area (Å²) in [4.78, 5) is 1.57. The van der Waals surface area contributed by atoms with Crippen LogP contribution >= 0.6 is 24.0 Å². The van der Waals surface area contributed by atoms with Crippen LogP contribution in [0.1, 0.15) is 19.4 Å². The maximum Gasteiger partial charge on any atom is 0.107 e. The molecule has 0 aliphatic heterocycles. The first-order valence-corrected chi connectivity index (χ1v) is 7.47. The SMILES string of the molecule is CCOCCNc1cccc(SCC)c1C(N)=S. The third-order valence-corrected chi connectivity index (χ3v) is 3.48. The predicted octanol–water partition coefficient (Wildman–Crippen LogP) is 2.88. The van der Waals surface area contributed by atoms with E-state index >= 15 is 0 Å². The first-order valence-electron chi connectivity index (χ1n) is 6.07. The van der Waals surface area contributed by atoms with Crippen LogP contribution in [0.15, 0.2) is 23.1 Å². The van der Waals surface area contributed by atoms with Gasteiger partial charge in [-0.2, -0.15) is 0 Å². The van der Waals surface area contributed by atoms with Crippen LogP contribution < -0.4 is 11.1 Å². The molecule has 5 heteroatoms. The summed E-state index contributed by atoms with van der Waals surface area (Å²) < 4.78 is 5.30. The number of thiocarbonyl (C=S) groups is 1. The Bertz CT molecular complexity index is 397. The van der Waals surface area contributed by atoms with Gasteiger partial charge in [0, 0.05) is 29.3 Å². The quantitative estimate of drug-likeness (QED) is 0.437. The molecule has 3 N–H and O–H groups in total. The number of anilines is 1. The second-order valence-corrected chi connectivity index (χ2v) is 5.35. The summed E-state index contributed by atoms with van der Waals surface area (Å²) in [7, 11) is 0. The Morgan fingerprint density at radius 2 is 2.22 bits per heavy atom. The summed E-state index contributed by atoms with van der Waals surface area (Å²) in [6, 6.07) is 6.07. The predicted molar refractivity (Wildman–Crippen MR) is 83.7 cm³/mol. The standard InChI is InChI=1S/C13H20N2OS2/c1-3-16-9-8-15-10-6-5-7-11(18-4-2)12(10)13(14)17/h5-7,15H,3-4,8-9H2,1-2H3,(H2,14,17). The molecule has 100 valence electrons. The van der Waals surface area contributed by atoms with Crippen molar-refractivity contribution in [3.63, 3.8) is 0 Å². The Kier molecular flexibility index (Phi) is 7.08. The normalized spacial score (nSPS) is 10.3. The molecule has 18 heavy (non-hydrogen) atoms. The van der Waals surface area contributed by atoms with Gasteiger partial charge in [0.2, 0.25) is 0 Å². The van der Waals surface area contributed by atoms with Gasteiger partial charge in [0.25, 0.3) is 0 Å². The molecule has 0 heterocycles. The zero-order valence-corrected chi connectivity index (χ0v) is 12.5. The van der Waals surface area contributed by atoms with Gasteiger partial charge in [0.05, 0.1) is 6.61 Å². The summed E-state index contributed by atoms with van der Waals surface area (Å²) in [5, 5.41) is 3.32. The molecule has 0 unspecified atom stereocenters. The highest BCUT2D eigenvalue weighted by atomic mass is 32.2. The van der Waals surface area contributed by atoms with Crippen LogP contribution in [0, 0.1) is 0 Å². The lowest BCUT2D eigenvalue weighted by Crippen LogP contribution is -2.17.